The number of carbonyl (C=O) groups excluding carboxylic acids is 2. The minimum atomic E-state index is -1.55. The highest BCUT2D eigenvalue weighted by molar-refractivity contribution is 7.84. The first-order valence-corrected chi connectivity index (χ1v) is 12.0. The Labute approximate surface area is 202 Å². The van der Waals surface area contributed by atoms with Crippen LogP contribution in [0, 0.1) is 0 Å². The van der Waals surface area contributed by atoms with Crippen LogP contribution >= 0.6 is 0 Å². The van der Waals surface area contributed by atoms with Gasteiger partial charge in [-0.25, -0.2) is 8.60 Å². The topological polar surface area (TPSA) is 123 Å². The molecule has 2 heterocycles. The third-order valence-corrected chi connectivity index (χ3v) is 5.58. The van der Waals surface area contributed by atoms with Gasteiger partial charge in [-0.2, -0.15) is 4.98 Å². The predicted octanol–water partition coefficient (Wildman–Crippen LogP) is 3.89. The van der Waals surface area contributed by atoms with Crippen molar-refractivity contribution in [3.05, 3.63) is 78.0 Å². The van der Waals surface area contributed by atoms with Gasteiger partial charge in [0.05, 0.1) is 0 Å². The Morgan fingerprint density at radius 3 is 2.60 bits per heavy atom. The van der Waals surface area contributed by atoms with Gasteiger partial charge in [-0.05, 0) is 36.4 Å². The maximum atomic E-state index is 13.5. The van der Waals surface area contributed by atoms with Crippen LogP contribution in [-0.2, 0) is 10.8 Å². The number of anilines is 1. The van der Waals surface area contributed by atoms with Crippen molar-refractivity contribution in [1.82, 2.24) is 15.3 Å². The molecule has 0 saturated heterocycles. The van der Waals surface area contributed by atoms with E-state index in [0.717, 1.165) is 0 Å². The summed E-state index contributed by atoms with van der Waals surface area (Å²) in [5.41, 5.74) is 1.11. The van der Waals surface area contributed by atoms with Gasteiger partial charge < -0.3 is 19.8 Å². The van der Waals surface area contributed by atoms with Crippen molar-refractivity contribution in [2.24, 2.45) is 0 Å². The Bertz CT molecular complexity index is 1350. The quantitative estimate of drug-likeness (QED) is 0.509. The second kappa shape index (κ2) is 10.4. The maximum absolute atomic E-state index is 13.5. The number of aromatic nitrogens is 2. The van der Waals surface area contributed by atoms with Crippen LogP contribution in [0.2, 0.25) is 0 Å². The molecular weight excluding hydrogens is 475 g/mol. The fourth-order valence-electron chi connectivity index (χ4n) is 3.20. The second-order valence-corrected chi connectivity index (χ2v) is 8.68. The molecule has 180 valence electrons. The van der Waals surface area contributed by atoms with Gasteiger partial charge in [0.25, 0.3) is 17.0 Å². The number of hydrogen-bond donors (Lipinski definition) is 2. The molecule has 11 heteroatoms. The van der Waals surface area contributed by atoms with E-state index in [4.69, 9.17) is 9.15 Å². The van der Waals surface area contributed by atoms with Crippen molar-refractivity contribution in [3.63, 3.8) is 0 Å². The van der Waals surface area contributed by atoms with E-state index in [-0.39, 0.29) is 34.7 Å². The molecule has 1 aliphatic carbocycles. The Hall–Kier alpha value is -4.12. The lowest BCUT2D eigenvalue weighted by Crippen LogP contribution is -2.18. The third kappa shape index (κ3) is 5.69. The van der Waals surface area contributed by atoms with Crippen LogP contribution in [0.3, 0.4) is 0 Å². The molecule has 0 fully saturated rings. The minimum absolute atomic E-state index is 0.0535. The van der Waals surface area contributed by atoms with E-state index in [9.17, 15) is 18.2 Å². The molecule has 1 aliphatic rings. The molecule has 0 bridgehead atoms. The molecule has 2 atom stereocenters. The summed E-state index contributed by atoms with van der Waals surface area (Å²) in [6.07, 6.45) is 6.36. The smallest absolute Gasteiger partial charge is 0.287 e. The molecule has 0 saturated carbocycles. The van der Waals surface area contributed by atoms with E-state index >= 15 is 0 Å². The number of rotatable bonds is 7. The Morgan fingerprint density at radius 1 is 1.17 bits per heavy atom. The maximum Gasteiger partial charge on any atom is 0.287 e. The molecule has 0 aliphatic heterocycles. The fourth-order valence-corrected chi connectivity index (χ4v) is 3.62. The van der Waals surface area contributed by atoms with Gasteiger partial charge in [0.1, 0.15) is 34.2 Å². The van der Waals surface area contributed by atoms with Gasteiger partial charge in [-0.15, -0.1) is 0 Å². The van der Waals surface area contributed by atoms with Crippen LogP contribution in [0.15, 0.2) is 70.5 Å². The van der Waals surface area contributed by atoms with Crippen molar-refractivity contribution in [2.75, 3.05) is 18.6 Å². The number of amides is 2. The fraction of sp³-hybridized carbons (Fsp3) is 0.167. The summed E-state index contributed by atoms with van der Waals surface area (Å²) in [5.74, 6) is 0.114. The van der Waals surface area contributed by atoms with E-state index in [1.54, 1.807) is 36.4 Å². The van der Waals surface area contributed by atoms with E-state index in [0.29, 0.717) is 22.8 Å². The predicted molar refractivity (Wildman–Crippen MR) is 128 cm³/mol. The van der Waals surface area contributed by atoms with Crippen molar-refractivity contribution in [1.29, 1.82) is 0 Å². The lowest BCUT2D eigenvalue weighted by atomic mass is 10.0. The van der Waals surface area contributed by atoms with Crippen molar-refractivity contribution in [3.8, 4) is 11.5 Å². The normalized spacial score (nSPS) is 15.7. The number of halogens is 1. The van der Waals surface area contributed by atoms with Crippen LogP contribution in [0.1, 0.15) is 33.2 Å². The largest absolute Gasteiger partial charge is 0.457 e. The van der Waals surface area contributed by atoms with Gasteiger partial charge in [0.2, 0.25) is 0 Å². The molecule has 35 heavy (non-hydrogen) atoms. The monoisotopic (exact) mass is 496 g/mol. The van der Waals surface area contributed by atoms with Crippen molar-refractivity contribution >= 4 is 33.9 Å². The molecule has 0 spiro atoms. The lowest BCUT2D eigenvalue weighted by Gasteiger charge is -2.10. The zero-order valence-corrected chi connectivity index (χ0v) is 19.6. The summed E-state index contributed by atoms with van der Waals surface area (Å²) in [4.78, 5) is 32.8. The van der Waals surface area contributed by atoms with Gasteiger partial charge in [0, 0.05) is 43.2 Å². The first kappa shape index (κ1) is 24.0. The molecule has 1 aromatic carbocycles. The number of oxazole rings is 1. The number of allylic oxidation sites excluding steroid dienone is 4. The number of benzene rings is 1. The summed E-state index contributed by atoms with van der Waals surface area (Å²) < 4.78 is 36.7. The van der Waals surface area contributed by atoms with Crippen LogP contribution in [0.4, 0.5) is 10.1 Å². The number of carbonyl (C=O) groups is 2. The van der Waals surface area contributed by atoms with Crippen LogP contribution in [-0.4, -0.2) is 45.5 Å². The molecule has 3 aromatic rings. The summed E-state index contributed by atoms with van der Waals surface area (Å²) in [7, 11) is -0.0391. The van der Waals surface area contributed by atoms with E-state index < -0.39 is 22.9 Å². The standard InChI is InChI=1S/C24H21FN4O5S/c1-26-22(30)19-13-18(11-12-27-19)33-17-9-7-16(8-10-17)28-23(31)20-21(34-24(29-20)35(2)32)14-3-5-15(25)6-4-14/h3-5,7-13,15H,6H2,1-2H3,(H,26,30)(H,28,31). The molecule has 2 N–H and O–H groups in total. The summed E-state index contributed by atoms with van der Waals surface area (Å²) in [5, 5.41) is 5.12. The number of ether oxygens (including phenoxy) is 1. The summed E-state index contributed by atoms with van der Waals surface area (Å²) >= 11 is 0. The number of hydrogen-bond acceptors (Lipinski definition) is 7. The van der Waals surface area contributed by atoms with E-state index in [1.807, 2.05) is 0 Å². The minimum Gasteiger partial charge on any atom is -0.457 e. The first-order valence-electron chi connectivity index (χ1n) is 10.5. The molecule has 2 amide bonds. The number of nitrogens with zero attached hydrogens (tertiary/aromatic N) is 2. The molecule has 2 aromatic heterocycles. The number of alkyl halides is 1. The summed E-state index contributed by atoms with van der Waals surface area (Å²) in [6.45, 7) is 0. The molecule has 4 rings (SSSR count). The average molecular weight is 497 g/mol. The SMILES string of the molecule is CNC(=O)c1cc(Oc2ccc(NC(=O)c3nc(S(C)=O)oc3C3=CCC(F)C=C3)cc2)ccn1. The second-order valence-electron chi connectivity index (χ2n) is 7.42. The third-order valence-electron chi connectivity index (χ3n) is 4.92. The van der Waals surface area contributed by atoms with Crippen LogP contribution < -0.4 is 15.4 Å². The molecule has 0 radical (unpaired) electrons. The zero-order valence-electron chi connectivity index (χ0n) is 18.8. The van der Waals surface area contributed by atoms with Crippen molar-refractivity contribution < 1.29 is 27.3 Å². The first-order chi connectivity index (χ1) is 16.8. The Kier molecular flexibility index (Phi) is 7.16. The van der Waals surface area contributed by atoms with E-state index in [1.165, 1.54) is 37.7 Å². The highest BCUT2D eigenvalue weighted by Crippen LogP contribution is 2.29. The molecule has 9 nitrogen and oxygen atoms in total. The van der Waals surface area contributed by atoms with Crippen molar-refractivity contribution in [2.45, 2.75) is 17.8 Å². The molecular formula is C24H21FN4O5S. The number of pyridine rings is 1. The average Bonchev–Trinajstić information content (AvgIpc) is 3.31. The van der Waals surface area contributed by atoms with Gasteiger partial charge >= 0.3 is 0 Å². The molecule has 2 unspecified atom stereocenters. The van der Waals surface area contributed by atoms with Crippen LogP contribution in [0.25, 0.3) is 5.57 Å². The lowest BCUT2D eigenvalue weighted by molar-refractivity contribution is 0.0957. The van der Waals surface area contributed by atoms with E-state index in [2.05, 4.69) is 20.6 Å². The summed E-state index contributed by atoms with van der Waals surface area (Å²) in [6, 6.07) is 9.65. The number of nitrogens with one attached hydrogen (secondary N) is 2. The zero-order chi connectivity index (χ0) is 24.9. The van der Waals surface area contributed by atoms with Crippen LogP contribution in [0.5, 0.6) is 11.5 Å². The van der Waals surface area contributed by atoms with Gasteiger partial charge in [-0.3, -0.25) is 14.6 Å². The highest BCUT2D eigenvalue weighted by atomic mass is 32.2. The van der Waals surface area contributed by atoms with Gasteiger partial charge in [0.15, 0.2) is 11.5 Å². The Balaban J connectivity index is 1.50. The van der Waals surface area contributed by atoms with Gasteiger partial charge in [-0.1, -0.05) is 12.2 Å². The Morgan fingerprint density at radius 2 is 1.94 bits per heavy atom. The highest BCUT2D eigenvalue weighted by Gasteiger charge is 2.25.